The zero-order chi connectivity index (χ0) is 18.9. The average Bonchev–Trinajstić information content (AvgIpc) is 3.28. The molecule has 4 aromatic rings. The Bertz CT molecular complexity index is 1160. The van der Waals surface area contributed by atoms with E-state index in [0.717, 1.165) is 48.5 Å². The van der Waals surface area contributed by atoms with E-state index in [4.69, 9.17) is 0 Å². The number of carbonyl (C=O) groups is 1. The highest BCUT2D eigenvalue weighted by molar-refractivity contribution is 6.06. The molecule has 0 saturated heterocycles. The highest BCUT2D eigenvalue weighted by Gasteiger charge is 2.16. The van der Waals surface area contributed by atoms with Gasteiger partial charge in [-0.15, -0.1) is 10.2 Å². The van der Waals surface area contributed by atoms with Crippen LogP contribution in [0.3, 0.4) is 0 Å². The van der Waals surface area contributed by atoms with Gasteiger partial charge in [0.2, 0.25) is 0 Å². The summed E-state index contributed by atoms with van der Waals surface area (Å²) >= 11 is 0. The van der Waals surface area contributed by atoms with Gasteiger partial charge in [0.05, 0.1) is 0 Å². The van der Waals surface area contributed by atoms with Crippen molar-refractivity contribution in [3.63, 3.8) is 0 Å². The number of aromatic nitrogens is 6. The van der Waals surface area contributed by atoms with Gasteiger partial charge >= 0.3 is 0 Å². The summed E-state index contributed by atoms with van der Waals surface area (Å²) in [5, 5.41) is 22.3. The molecule has 0 spiro atoms. The van der Waals surface area contributed by atoms with Gasteiger partial charge < -0.3 is 9.88 Å². The van der Waals surface area contributed by atoms with Crippen LogP contribution in [0.5, 0.6) is 0 Å². The lowest BCUT2D eigenvalue weighted by Gasteiger charge is -2.09. The molecule has 2 N–H and O–H groups in total. The number of hydrogen-bond donors (Lipinski definition) is 2. The smallest absolute Gasteiger partial charge is 0.255 e. The Morgan fingerprint density at radius 1 is 1.00 bits per heavy atom. The third-order valence-electron chi connectivity index (χ3n) is 5.07. The number of benzene rings is 2. The number of aromatic amines is 1. The van der Waals surface area contributed by atoms with Crippen LogP contribution in [0.2, 0.25) is 0 Å². The molecule has 1 aliphatic heterocycles. The van der Waals surface area contributed by atoms with Crippen molar-refractivity contribution < 1.29 is 4.79 Å². The van der Waals surface area contributed by atoms with Crippen molar-refractivity contribution in [3.8, 4) is 11.4 Å². The number of hydrogen-bond acceptors (Lipinski definition) is 5. The second-order valence-electron chi connectivity index (χ2n) is 6.96. The van der Waals surface area contributed by atoms with Gasteiger partial charge in [-0.1, -0.05) is 18.6 Å². The van der Waals surface area contributed by atoms with Crippen LogP contribution < -0.4 is 5.32 Å². The highest BCUT2D eigenvalue weighted by atomic mass is 16.1. The first-order valence-corrected chi connectivity index (χ1v) is 9.42. The maximum atomic E-state index is 12.7. The molecule has 0 saturated carbocycles. The average molecular weight is 373 g/mol. The summed E-state index contributed by atoms with van der Waals surface area (Å²) in [7, 11) is 0. The van der Waals surface area contributed by atoms with E-state index in [-0.39, 0.29) is 5.91 Å². The quantitative estimate of drug-likeness (QED) is 0.574. The Morgan fingerprint density at radius 2 is 1.93 bits per heavy atom. The number of nitrogens with zero attached hydrogens (tertiary/aromatic N) is 5. The van der Waals surface area contributed by atoms with Gasteiger partial charge in [0.25, 0.3) is 5.91 Å². The van der Waals surface area contributed by atoms with Crippen molar-refractivity contribution in [3.05, 3.63) is 53.9 Å². The van der Waals surface area contributed by atoms with Crippen LogP contribution in [0.15, 0.2) is 42.5 Å². The van der Waals surface area contributed by atoms with E-state index in [1.165, 1.54) is 6.42 Å². The van der Waals surface area contributed by atoms with E-state index in [1.54, 1.807) is 18.2 Å². The first kappa shape index (κ1) is 16.6. The number of nitrogens with one attached hydrogen (secondary N) is 2. The minimum absolute atomic E-state index is 0.192. The Morgan fingerprint density at radius 3 is 2.89 bits per heavy atom. The zero-order valence-electron chi connectivity index (χ0n) is 15.2. The first-order valence-electron chi connectivity index (χ1n) is 9.42. The fraction of sp³-hybridized carbons (Fsp3) is 0.250. The van der Waals surface area contributed by atoms with E-state index in [2.05, 4.69) is 35.5 Å². The topological polar surface area (TPSA) is 101 Å². The van der Waals surface area contributed by atoms with Gasteiger partial charge in [0.1, 0.15) is 16.9 Å². The minimum Gasteiger partial charge on any atom is -0.322 e. The van der Waals surface area contributed by atoms with E-state index in [0.29, 0.717) is 16.8 Å². The van der Waals surface area contributed by atoms with E-state index >= 15 is 0 Å². The Balaban J connectivity index is 1.41. The Kier molecular flexibility index (Phi) is 4.08. The maximum Gasteiger partial charge on any atom is 0.255 e. The summed E-state index contributed by atoms with van der Waals surface area (Å²) in [6.45, 7) is 0.936. The maximum absolute atomic E-state index is 12.7. The summed E-state index contributed by atoms with van der Waals surface area (Å²) < 4.78 is 2.20. The first-order chi connectivity index (χ1) is 13.8. The largest absolute Gasteiger partial charge is 0.322 e. The van der Waals surface area contributed by atoms with Gasteiger partial charge in [-0.25, -0.2) is 0 Å². The molecule has 5 rings (SSSR count). The number of carbonyl (C=O) groups excluding carboxylic acids is 1. The van der Waals surface area contributed by atoms with E-state index < -0.39 is 0 Å². The number of H-pyrrole nitrogens is 1. The van der Waals surface area contributed by atoms with Crippen molar-refractivity contribution >= 4 is 22.6 Å². The summed E-state index contributed by atoms with van der Waals surface area (Å²) in [4.78, 5) is 12.7. The van der Waals surface area contributed by atoms with Crippen molar-refractivity contribution in [1.82, 2.24) is 30.2 Å². The second kappa shape index (κ2) is 6.88. The second-order valence-corrected chi connectivity index (χ2v) is 6.96. The van der Waals surface area contributed by atoms with Gasteiger partial charge in [-0.2, -0.15) is 15.4 Å². The van der Waals surface area contributed by atoms with Crippen LogP contribution in [-0.2, 0) is 13.0 Å². The van der Waals surface area contributed by atoms with Crippen molar-refractivity contribution in [1.29, 1.82) is 0 Å². The number of amides is 1. The van der Waals surface area contributed by atoms with Gasteiger partial charge in [-0.05, 0) is 43.2 Å². The predicted molar refractivity (Wildman–Crippen MR) is 105 cm³/mol. The predicted octanol–water partition coefficient (Wildman–Crippen LogP) is 3.20. The summed E-state index contributed by atoms with van der Waals surface area (Å²) in [5.74, 6) is 1.71. The molecule has 0 fully saturated rings. The molecule has 0 unspecified atom stereocenters. The van der Waals surface area contributed by atoms with Crippen LogP contribution in [0.4, 0.5) is 5.69 Å². The summed E-state index contributed by atoms with van der Waals surface area (Å²) in [6.07, 6.45) is 4.48. The van der Waals surface area contributed by atoms with Gasteiger partial charge in [-0.3, -0.25) is 4.79 Å². The van der Waals surface area contributed by atoms with Crippen molar-refractivity contribution in [2.45, 2.75) is 32.2 Å². The summed E-state index contributed by atoms with van der Waals surface area (Å²) in [5.41, 5.74) is 3.58. The molecule has 1 amide bonds. The molecule has 1 aliphatic rings. The van der Waals surface area contributed by atoms with Crippen LogP contribution >= 0.6 is 0 Å². The monoisotopic (exact) mass is 373 g/mol. The fourth-order valence-corrected chi connectivity index (χ4v) is 3.62. The van der Waals surface area contributed by atoms with E-state index in [1.807, 2.05) is 24.3 Å². The molecule has 0 aliphatic carbocycles. The standard InChI is InChI=1S/C20H19N7O/c28-20(14-8-9-16-17(12-14)23-26-22-16)21-15-6-4-5-13(11-15)19-25-24-18-7-2-1-3-10-27(18)19/h4-6,8-9,11-12H,1-3,7,10H2,(H,21,28)(H,22,23,26). The van der Waals surface area contributed by atoms with Crippen LogP contribution in [0.1, 0.15) is 35.4 Å². The van der Waals surface area contributed by atoms with Crippen LogP contribution in [0.25, 0.3) is 22.4 Å². The molecule has 0 atom stereocenters. The molecule has 140 valence electrons. The zero-order valence-corrected chi connectivity index (χ0v) is 15.2. The number of anilines is 1. The van der Waals surface area contributed by atoms with Crippen LogP contribution in [-0.4, -0.2) is 36.1 Å². The molecule has 0 radical (unpaired) electrons. The Hall–Kier alpha value is -3.55. The number of rotatable bonds is 3. The molecule has 8 nitrogen and oxygen atoms in total. The molecule has 28 heavy (non-hydrogen) atoms. The SMILES string of the molecule is O=C(Nc1cccc(-c2nnc3n2CCCCC3)c1)c1ccc2n[nH]nc2c1. The lowest BCUT2D eigenvalue weighted by Crippen LogP contribution is -2.12. The molecular weight excluding hydrogens is 354 g/mol. The third-order valence-corrected chi connectivity index (χ3v) is 5.07. The van der Waals surface area contributed by atoms with E-state index in [9.17, 15) is 4.79 Å². The number of fused-ring (bicyclic) bond motifs is 2. The molecule has 3 heterocycles. The summed E-state index contributed by atoms with van der Waals surface area (Å²) in [6, 6.07) is 13.0. The van der Waals surface area contributed by atoms with Gasteiger partial charge in [0, 0.05) is 29.8 Å². The van der Waals surface area contributed by atoms with Crippen molar-refractivity contribution in [2.24, 2.45) is 0 Å². The molecular formula is C20H19N7O. The third kappa shape index (κ3) is 3.02. The highest BCUT2D eigenvalue weighted by Crippen LogP contribution is 2.25. The molecule has 0 bridgehead atoms. The van der Waals surface area contributed by atoms with Gasteiger partial charge in [0.15, 0.2) is 5.82 Å². The normalized spacial score (nSPS) is 13.9. The van der Waals surface area contributed by atoms with Crippen LogP contribution in [0, 0.1) is 0 Å². The molecule has 2 aromatic carbocycles. The minimum atomic E-state index is -0.192. The molecule has 8 heteroatoms. The number of aryl methyl sites for hydroxylation is 1. The van der Waals surface area contributed by atoms with Crippen molar-refractivity contribution in [2.75, 3.05) is 5.32 Å². The fourth-order valence-electron chi connectivity index (χ4n) is 3.62. The lowest BCUT2D eigenvalue weighted by molar-refractivity contribution is 0.102. The molecule has 2 aromatic heterocycles. The lowest BCUT2D eigenvalue weighted by atomic mass is 10.1. The Labute approximate surface area is 161 Å².